The molecule has 0 atom stereocenters. The quantitative estimate of drug-likeness (QED) is 0.368. The number of para-hydroxylation sites is 2. The summed E-state index contributed by atoms with van der Waals surface area (Å²) in [5, 5.41) is 17.0. The molecule has 0 aliphatic rings. The molecule has 2 aromatic heterocycles. The Morgan fingerprint density at radius 1 is 1.23 bits per heavy atom. The second-order valence-electron chi connectivity index (χ2n) is 5.74. The summed E-state index contributed by atoms with van der Waals surface area (Å²) in [5.41, 5.74) is 1.24. The first kappa shape index (κ1) is 21.7. The molecule has 1 N–H and O–H groups in total. The smallest absolute Gasteiger partial charge is 0.311 e. The number of carbonyl (C=O) groups is 2. The standard InChI is InChI=1S/C18H20N6O4S2/c1-3-27-14-8-6-5-7-13(14)24-18(21-22-23-24)30-11-15(25)20-17-19-12(10-29-17)9-16(26)28-4-2/h5-8,10H,3-4,9,11H2,1-2H3,(H,19,20,25). The molecular formula is C18H20N6O4S2. The van der Waals surface area contributed by atoms with Crippen LogP contribution >= 0.6 is 23.1 Å². The molecule has 0 bridgehead atoms. The van der Waals surface area contributed by atoms with E-state index in [9.17, 15) is 9.59 Å². The third-order valence-corrected chi connectivity index (χ3v) is 5.32. The van der Waals surface area contributed by atoms with Crippen molar-refractivity contribution in [1.82, 2.24) is 25.2 Å². The summed E-state index contributed by atoms with van der Waals surface area (Å²) in [5.74, 6) is 0.125. The maximum Gasteiger partial charge on any atom is 0.311 e. The molecule has 1 amide bonds. The van der Waals surface area contributed by atoms with Gasteiger partial charge in [-0.15, -0.1) is 16.4 Å². The molecule has 12 heteroatoms. The molecule has 0 fully saturated rings. The molecule has 0 saturated heterocycles. The molecular weight excluding hydrogens is 428 g/mol. The van der Waals surface area contributed by atoms with Crippen LogP contribution in [0.4, 0.5) is 5.13 Å². The van der Waals surface area contributed by atoms with E-state index in [1.165, 1.54) is 27.8 Å². The molecule has 0 unspecified atom stereocenters. The van der Waals surface area contributed by atoms with Crippen LogP contribution in [-0.2, 0) is 20.7 Å². The van der Waals surface area contributed by atoms with Gasteiger partial charge in [0.25, 0.3) is 0 Å². The van der Waals surface area contributed by atoms with E-state index in [0.29, 0.717) is 40.6 Å². The molecule has 0 radical (unpaired) electrons. The number of nitrogens with zero attached hydrogens (tertiary/aromatic N) is 5. The van der Waals surface area contributed by atoms with Gasteiger partial charge in [-0.1, -0.05) is 23.9 Å². The highest BCUT2D eigenvalue weighted by atomic mass is 32.2. The Labute approximate surface area is 181 Å². The highest BCUT2D eigenvalue weighted by Crippen LogP contribution is 2.26. The minimum atomic E-state index is -0.351. The molecule has 3 rings (SSSR count). The lowest BCUT2D eigenvalue weighted by Crippen LogP contribution is -2.15. The van der Waals surface area contributed by atoms with Gasteiger partial charge in [0.1, 0.15) is 11.4 Å². The summed E-state index contributed by atoms with van der Waals surface area (Å²) in [6.45, 7) is 4.47. The lowest BCUT2D eigenvalue weighted by Gasteiger charge is -2.10. The number of benzene rings is 1. The zero-order valence-corrected chi connectivity index (χ0v) is 18.0. The molecule has 0 saturated carbocycles. The van der Waals surface area contributed by atoms with E-state index in [1.807, 2.05) is 31.2 Å². The van der Waals surface area contributed by atoms with Crippen molar-refractivity contribution in [2.24, 2.45) is 0 Å². The average molecular weight is 449 g/mol. The van der Waals surface area contributed by atoms with Gasteiger partial charge in [0.2, 0.25) is 11.1 Å². The van der Waals surface area contributed by atoms with E-state index >= 15 is 0 Å². The van der Waals surface area contributed by atoms with Gasteiger partial charge in [-0.3, -0.25) is 9.59 Å². The minimum absolute atomic E-state index is 0.0724. The summed E-state index contributed by atoms with van der Waals surface area (Å²) in [6, 6.07) is 7.39. The molecule has 30 heavy (non-hydrogen) atoms. The van der Waals surface area contributed by atoms with Crippen LogP contribution in [-0.4, -0.2) is 56.0 Å². The molecule has 0 aliphatic heterocycles. The number of ether oxygens (including phenoxy) is 2. The highest BCUT2D eigenvalue weighted by Gasteiger charge is 2.16. The normalized spacial score (nSPS) is 10.6. The fourth-order valence-electron chi connectivity index (χ4n) is 2.42. The van der Waals surface area contributed by atoms with E-state index in [4.69, 9.17) is 9.47 Å². The van der Waals surface area contributed by atoms with E-state index in [0.717, 1.165) is 0 Å². The third kappa shape index (κ3) is 5.76. The van der Waals surface area contributed by atoms with Gasteiger partial charge in [0.15, 0.2) is 5.13 Å². The number of nitrogens with one attached hydrogen (secondary N) is 1. The summed E-state index contributed by atoms with van der Waals surface area (Å²) in [4.78, 5) is 28.0. The van der Waals surface area contributed by atoms with Gasteiger partial charge < -0.3 is 14.8 Å². The first-order valence-electron chi connectivity index (χ1n) is 9.14. The Hall–Kier alpha value is -2.99. The van der Waals surface area contributed by atoms with E-state index < -0.39 is 0 Å². The number of thiazole rings is 1. The Morgan fingerprint density at radius 3 is 2.87 bits per heavy atom. The number of hydrogen-bond acceptors (Lipinski definition) is 10. The van der Waals surface area contributed by atoms with Gasteiger partial charge in [-0.2, -0.15) is 4.68 Å². The second kappa shape index (κ2) is 10.7. The van der Waals surface area contributed by atoms with Crippen molar-refractivity contribution < 1.29 is 19.1 Å². The van der Waals surface area contributed by atoms with Crippen molar-refractivity contribution in [3.05, 3.63) is 35.3 Å². The molecule has 158 valence electrons. The maximum absolute atomic E-state index is 12.3. The van der Waals surface area contributed by atoms with Crippen LogP contribution in [0.5, 0.6) is 5.75 Å². The SMILES string of the molecule is CCOC(=O)Cc1csc(NC(=O)CSc2nnnn2-c2ccccc2OCC)n1. The van der Waals surface area contributed by atoms with Crippen LogP contribution in [0.3, 0.4) is 0 Å². The predicted octanol–water partition coefficient (Wildman–Crippen LogP) is 2.35. The Kier molecular flexibility index (Phi) is 7.74. The van der Waals surface area contributed by atoms with Crippen LogP contribution in [0.15, 0.2) is 34.8 Å². The lowest BCUT2D eigenvalue weighted by molar-refractivity contribution is -0.142. The largest absolute Gasteiger partial charge is 0.492 e. The number of hydrogen-bond donors (Lipinski definition) is 1. The Morgan fingerprint density at radius 2 is 2.07 bits per heavy atom. The summed E-state index contributed by atoms with van der Waals surface area (Å²) >= 11 is 2.44. The Bertz CT molecular complexity index is 1010. The van der Waals surface area contributed by atoms with Crippen LogP contribution < -0.4 is 10.1 Å². The zero-order chi connectivity index (χ0) is 21.3. The average Bonchev–Trinajstić information content (AvgIpc) is 3.36. The summed E-state index contributed by atoms with van der Waals surface area (Å²) in [6.07, 6.45) is 0.0724. The van der Waals surface area contributed by atoms with Crippen LogP contribution in [0, 0.1) is 0 Å². The molecule has 10 nitrogen and oxygen atoms in total. The van der Waals surface area contributed by atoms with Gasteiger partial charge in [0, 0.05) is 5.38 Å². The number of rotatable bonds is 10. The van der Waals surface area contributed by atoms with Crippen molar-refractivity contribution in [3.8, 4) is 11.4 Å². The fraction of sp³-hybridized carbons (Fsp3) is 0.333. The monoisotopic (exact) mass is 448 g/mol. The molecule has 3 aromatic rings. The zero-order valence-electron chi connectivity index (χ0n) is 16.4. The topological polar surface area (TPSA) is 121 Å². The van der Waals surface area contributed by atoms with Crippen LogP contribution in [0.25, 0.3) is 5.69 Å². The van der Waals surface area contributed by atoms with E-state index in [-0.39, 0.29) is 24.1 Å². The van der Waals surface area contributed by atoms with Crippen LogP contribution in [0.2, 0.25) is 0 Å². The van der Waals surface area contributed by atoms with Gasteiger partial charge in [0.05, 0.1) is 31.1 Å². The number of anilines is 1. The van der Waals surface area contributed by atoms with Crippen molar-refractivity contribution >= 4 is 40.1 Å². The van der Waals surface area contributed by atoms with Gasteiger partial charge in [-0.05, 0) is 36.4 Å². The number of aromatic nitrogens is 5. The molecule has 1 aromatic carbocycles. The maximum atomic E-state index is 12.3. The van der Waals surface area contributed by atoms with Gasteiger partial charge >= 0.3 is 5.97 Å². The lowest BCUT2D eigenvalue weighted by atomic mass is 10.3. The number of carbonyl (C=O) groups excluding carboxylic acids is 2. The van der Waals surface area contributed by atoms with Crippen molar-refractivity contribution in [2.75, 3.05) is 24.3 Å². The first-order chi connectivity index (χ1) is 14.6. The molecule has 0 aliphatic carbocycles. The second-order valence-corrected chi connectivity index (χ2v) is 7.54. The number of thioether (sulfide) groups is 1. The van der Waals surface area contributed by atoms with Crippen LogP contribution in [0.1, 0.15) is 19.5 Å². The van der Waals surface area contributed by atoms with E-state index in [2.05, 4.69) is 25.8 Å². The number of amides is 1. The Balaban J connectivity index is 1.59. The van der Waals surface area contributed by atoms with Crippen molar-refractivity contribution in [3.63, 3.8) is 0 Å². The van der Waals surface area contributed by atoms with Gasteiger partial charge in [-0.25, -0.2) is 4.98 Å². The third-order valence-electron chi connectivity index (χ3n) is 3.60. The number of esters is 1. The summed E-state index contributed by atoms with van der Waals surface area (Å²) < 4.78 is 12.0. The molecule has 0 spiro atoms. The van der Waals surface area contributed by atoms with Crippen molar-refractivity contribution in [1.29, 1.82) is 0 Å². The first-order valence-corrected chi connectivity index (χ1v) is 11.0. The highest BCUT2D eigenvalue weighted by molar-refractivity contribution is 7.99. The summed E-state index contributed by atoms with van der Waals surface area (Å²) in [7, 11) is 0. The van der Waals surface area contributed by atoms with E-state index in [1.54, 1.807) is 12.3 Å². The minimum Gasteiger partial charge on any atom is -0.492 e. The molecule has 2 heterocycles. The number of tetrazole rings is 1. The fourth-order valence-corrected chi connectivity index (χ4v) is 3.83. The predicted molar refractivity (Wildman–Crippen MR) is 112 cm³/mol. The van der Waals surface area contributed by atoms with Crippen molar-refractivity contribution in [2.45, 2.75) is 25.4 Å².